The zero-order valence-corrected chi connectivity index (χ0v) is 11.1. The summed E-state index contributed by atoms with van der Waals surface area (Å²) in [4.78, 5) is 0. The Kier molecular flexibility index (Phi) is 2.47. The third-order valence-electron chi connectivity index (χ3n) is 5.21. The molecule has 0 bridgehead atoms. The predicted molar refractivity (Wildman–Crippen MR) is 69.2 cm³/mol. The number of rotatable bonds is 2. The van der Waals surface area contributed by atoms with Crippen molar-refractivity contribution >= 4 is 0 Å². The molecule has 0 saturated heterocycles. The van der Waals surface area contributed by atoms with Crippen LogP contribution in [0.25, 0.3) is 0 Å². The highest BCUT2D eigenvalue weighted by atomic mass is 15.3. The molecule has 1 aliphatic heterocycles. The second kappa shape index (κ2) is 4.05. The van der Waals surface area contributed by atoms with E-state index in [0.29, 0.717) is 6.04 Å². The van der Waals surface area contributed by atoms with Gasteiger partial charge >= 0.3 is 0 Å². The van der Waals surface area contributed by atoms with E-state index < -0.39 is 0 Å². The van der Waals surface area contributed by atoms with Gasteiger partial charge in [0.1, 0.15) is 11.6 Å². The molecular formula is C14H22N4. The number of hydrogen-bond donors (Lipinski definition) is 1. The van der Waals surface area contributed by atoms with E-state index in [1.54, 1.807) is 0 Å². The van der Waals surface area contributed by atoms with Gasteiger partial charge in [0, 0.05) is 19.0 Å². The molecule has 2 heterocycles. The lowest BCUT2D eigenvalue weighted by molar-refractivity contribution is 0.399. The molecule has 0 spiro atoms. The first kappa shape index (κ1) is 11.0. The van der Waals surface area contributed by atoms with E-state index in [2.05, 4.69) is 27.0 Å². The molecule has 3 atom stereocenters. The second-order valence-electron chi connectivity index (χ2n) is 6.12. The van der Waals surface area contributed by atoms with Crippen LogP contribution in [0.1, 0.15) is 62.6 Å². The molecule has 4 heteroatoms. The van der Waals surface area contributed by atoms with Crippen LogP contribution in [0.4, 0.5) is 0 Å². The van der Waals surface area contributed by atoms with Gasteiger partial charge in [-0.05, 0) is 31.1 Å². The Morgan fingerprint density at radius 1 is 1.17 bits per heavy atom. The number of nitrogens with zero attached hydrogens (tertiary/aromatic N) is 3. The molecule has 0 amide bonds. The summed E-state index contributed by atoms with van der Waals surface area (Å²) >= 11 is 0. The minimum Gasteiger partial charge on any atom is -0.312 e. The zero-order valence-electron chi connectivity index (χ0n) is 11.1. The van der Waals surface area contributed by atoms with Gasteiger partial charge in [0.2, 0.25) is 0 Å². The van der Waals surface area contributed by atoms with Crippen molar-refractivity contribution in [3.63, 3.8) is 0 Å². The molecule has 2 saturated carbocycles. The monoisotopic (exact) mass is 246 g/mol. The lowest BCUT2D eigenvalue weighted by Crippen LogP contribution is -2.33. The van der Waals surface area contributed by atoms with E-state index in [4.69, 9.17) is 0 Å². The van der Waals surface area contributed by atoms with Gasteiger partial charge in [-0.25, -0.2) is 0 Å². The van der Waals surface area contributed by atoms with Crippen molar-refractivity contribution < 1.29 is 0 Å². The lowest BCUT2D eigenvalue weighted by Gasteiger charge is -2.24. The first-order chi connectivity index (χ1) is 8.90. The molecule has 2 aliphatic carbocycles. The van der Waals surface area contributed by atoms with Gasteiger partial charge in [0.05, 0.1) is 6.04 Å². The van der Waals surface area contributed by atoms with E-state index in [-0.39, 0.29) is 0 Å². The highest BCUT2D eigenvalue weighted by Crippen LogP contribution is 2.60. The average Bonchev–Trinajstić information content (AvgIpc) is 2.99. The molecule has 1 aromatic heterocycles. The SMILES string of the molecule is CCC1NCCn2c1nnc2C1C2CCCCC21. The molecule has 1 aromatic rings. The van der Waals surface area contributed by atoms with Crippen LogP contribution in [0.2, 0.25) is 0 Å². The van der Waals surface area contributed by atoms with Crippen molar-refractivity contribution in [2.75, 3.05) is 6.54 Å². The van der Waals surface area contributed by atoms with E-state index in [9.17, 15) is 0 Å². The minimum atomic E-state index is 0.417. The Morgan fingerprint density at radius 2 is 1.89 bits per heavy atom. The van der Waals surface area contributed by atoms with Gasteiger partial charge in [-0.15, -0.1) is 10.2 Å². The maximum Gasteiger partial charge on any atom is 0.150 e. The Morgan fingerprint density at radius 3 is 2.61 bits per heavy atom. The van der Waals surface area contributed by atoms with E-state index in [0.717, 1.165) is 37.3 Å². The first-order valence-electron chi connectivity index (χ1n) is 7.56. The summed E-state index contributed by atoms with van der Waals surface area (Å²) in [5.41, 5.74) is 0. The van der Waals surface area contributed by atoms with Gasteiger partial charge < -0.3 is 9.88 Å². The molecule has 0 aromatic carbocycles. The highest BCUT2D eigenvalue weighted by molar-refractivity contribution is 5.19. The maximum atomic E-state index is 4.56. The minimum absolute atomic E-state index is 0.417. The van der Waals surface area contributed by atoms with Gasteiger partial charge in [-0.3, -0.25) is 0 Å². The Balaban J connectivity index is 1.65. The third-order valence-corrected chi connectivity index (χ3v) is 5.21. The van der Waals surface area contributed by atoms with Crippen molar-refractivity contribution in [1.29, 1.82) is 0 Å². The molecule has 4 nitrogen and oxygen atoms in total. The zero-order chi connectivity index (χ0) is 12.1. The third kappa shape index (κ3) is 1.48. The van der Waals surface area contributed by atoms with Crippen molar-refractivity contribution in [3.8, 4) is 0 Å². The largest absolute Gasteiger partial charge is 0.312 e. The first-order valence-corrected chi connectivity index (χ1v) is 7.56. The fraction of sp³-hybridized carbons (Fsp3) is 0.857. The van der Waals surface area contributed by atoms with Crippen molar-refractivity contribution in [3.05, 3.63) is 11.6 Å². The van der Waals surface area contributed by atoms with Crippen LogP contribution in [-0.4, -0.2) is 21.3 Å². The number of nitrogens with one attached hydrogen (secondary N) is 1. The Labute approximate surface area is 108 Å². The van der Waals surface area contributed by atoms with Crippen LogP contribution in [0.5, 0.6) is 0 Å². The quantitative estimate of drug-likeness (QED) is 0.870. The van der Waals surface area contributed by atoms with Gasteiger partial charge in [-0.2, -0.15) is 0 Å². The summed E-state index contributed by atoms with van der Waals surface area (Å²) in [6.45, 7) is 4.35. The normalized spacial score (nSPS) is 38.1. The smallest absolute Gasteiger partial charge is 0.150 e. The van der Waals surface area contributed by atoms with Crippen LogP contribution in [0.3, 0.4) is 0 Å². The van der Waals surface area contributed by atoms with Crippen LogP contribution in [-0.2, 0) is 6.54 Å². The summed E-state index contributed by atoms with van der Waals surface area (Å²) in [7, 11) is 0. The summed E-state index contributed by atoms with van der Waals surface area (Å²) in [5.74, 6) is 5.10. The Hall–Kier alpha value is -0.900. The number of aromatic nitrogens is 3. The second-order valence-corrected chi connectivity index (χ2v) is 6.12. The lowest BCUT2D eigenvalue weighted by atomic mass is 10.0. The number of hydrogen-bond acceptors (Lipinski definition) is 3. The van der Waals surface area contributed by atoms with E-state index in [1.165, 1.54) is 37.3 Å². The van der Waals surface area contributed by atoms with Crippen LogP contribution in [0, 0.1) is 11.8 Å². The topological polar surface area (TPSA) is 42.7 Å². The molecule has 1 N–H and O–H groups in total. The summed E-state index contributed by atoms with van der Waals surface area (Å²) in [6, 6.07) is 0.417. The molecular weight excluding hydrogens is 224 g/mol. The molecule has 98 valence electrons. The molecule has 2 fully saturated rings. The molecule has 0 radical (unpaired) electrons. The molecule has 3 unspecified atom stereocenters. The van der Waals surface area contributed by atoms with E-state index >= 15 is 0 Å². The highest BCUT2D eigenvalue weighted by Gasteiger charge is 2.54. The fourth-order valence-corrected chi connectivity index (χ4v) is 4.21. The van der Waals surface area contributed by atoms with Gasteiger partial charge in [0.25, 0.3) is 0 Å². The molecule has 3 aliphatic rings. The van der Waals surface area contributed by atoms with Crippen molar-refractivity contribution in [2.24, 2.45) is 11.8 Å². The maximum absolute atomic E-state index is 4.56. The molecule has 18 heavy (non-hydrogen) atoms. The average molecular weight is 246 g/mol. The molecule has 4 rings (SSSR count). The van der Waals surface area contributed by atoms with Gasteiger partial charge in [0.15, 0.2) is 0 Å². The Bertz CT molecular complexity index is 441. The standard InChI is InChI=1S/C14H22N4/c1-2-11-13-16-17-14(18(13)8-7-15-11)12-9-5-3-4-6-10(9)12/h9-12,15H,2-8H2,1H3. The van der Waals surface area contributed by atoms with E-state index in [1.807, 2.05) is 0 Å². The van der Waals surface area contributed by atoms with Crippen LogP contribution < -0.4 is 5.32 Å². The fourth-order valence-electron chi connectivity index (χ4n) is 4.21. The van der Waals surface area contributed by atoms with Gasteiger partial charge in [-0.1, -0.05) is 19.8 Å². The summed E-state index contributed by atoms with van der Waals surface area (Å²) < 4.78 is 2.42. The summed E-state index contributed by atoms with van der Waals surface area (Å²) in [5, 5.41) is 12.6. The van der Waals surface area contributed by atoms with Crippen LogP contribution >= 0.6 is 0 Å². The van der Waals surface area contributed by atoms with Crippen molar-refractivity contribution in [1.82, 2.24) is 20.1 Å². The predicted octanol–water partition coefficient (Wildman–Crippen LogP) is 2.24. The summed E-state index contributed by atoms with van der Waals surface area (Å²) in [6.07, 6.45) is 6.81. The number of fused-ring (bicyclic) bond motifs is 2. The van der Waals surface area contributed by atoms with Crippen molar-refractivity contribution in [2.45, 2.75) is 57.5 Å². The van der Waals surface area contributed by atoms with Crippen LogP contribution in [0.15, 0.2) is 0 Å².